The molecule has 2 aromatic carbocycles. The first-order chi connectivity index (χ1) is 10.2. The maximum atomic E-state index is 10.7. The van der Waals surface area contributed by atoms with Crippen molar-refractivity contribution < 1.29 is 14.4 Å². The van der Waals surface area contributed by atoms with Crippen LogP contribution >= 0.6 is 0 Å². The van der Waals surface area contributed by atoms with E-state index in [0.29, 0.717) is 5.76 Å². The highest BCUT2D eigenvalue weighted by Crippen LogP contribution is 2.26. The van der Waals surface area contributed by atoms with Gasteiger partial charge in [0.25, 0.3) is 0 Å². The number of aromatic nitrogens is 1. The van der Waals surface area contributed by atoms with Gasteiger partial charge >= 0.3 is 5.97 Å². The van der Waals surface area contributed by atoms with Gasteiger partial charge in [-0.2, -0.15) is 0 Å². The third kappa shape index (κ3) is 3.00. The molecule has 1 aromatic heterocycles. The lowest BCUT2D eigenvalue weighted by atomic mass is 10.1. The molecule has 0 bridgehead atoms. The van der Waals surface area contributed by atoms with Crippen molar-refractivity contribution in [2.75, 3.05) is 0 Å². The molecule has 3 aromatic rings. The molecule has 104 valence electrons. The molecule has 0 saturated heterocycles. The van der Waals surface area contributed by atoms with E-state index in [1.165, 1.54) is 0 Å². The molecule has 21 heavy (non-hydrogen) atoms. The number of rotatable bonds is 4. The number of nitrogens with zero attached hydrogens (tertiary/aromatic N) is 1. The first-order valence-electron chi connectivity index (χ1n) is 6.55. The number of carbonyl (C=O) groups is 1. The monoisotopic (exact) mass is 279 g/mol. The second kappa shape index (κ2) is 5.63. The van der Waals surface area contributed by atoms with Gasteiger partial charge in [0.15, 0.2) is 5.76 Å². The Morgan fingerprint density at radius 3 is 2.38 bits per heavy atom. The van der Waals surface area contributed by atoms with Crippen LogP contribution in [0.15, 0.2) is 65.2 Å². The molecular formula is C17H13NO3. The van der Waals surface area contributed by atoms with E-state index in [9.17, 15) is 4.79 Å². The molecule has 1 heterocycles. The summed E-state index contributed by atoms with van der Waals surface area (Å²) in [6.07, 6.45) is 0.0222. The molecule has 0 saturated carbocycles. The summed E-state index contributed by atoms with van der Waals surface area (Å²) in [7, 11) is 0. The summed E-state index contributed by atoms with van der Waals surface area (Å²) in [4.78, 5) is 10.7. The second-order valence-electron chi connectivity index (χ2n) is 4.71. The van der Waals surface area contributed by atoms with E-state index in [0.717, 1.165) is 22.4 Å². The molecule has 0 atom stereocenters. The van der Waals surface area contributed by atoms with Gasteiger partial charge in [-0.05, 0) is 5.56 Å². The highest BCUT2D eigenvalue weighted by molar-refractivity contribution is 5.71. The zero-order valence-corrected chi connectivity index (χ0v) is 11.2. The lowest BCUT2D eigenvalue weighted by Gasteiger charge is -1.98. The summed E-state index contributed by atoms with van der Waals surface area (Å²) in [6, 6.07) is 18.9. The number of hydrogen-bond donors (Lipinski definition) is 1. The maximum Gasteiger partial charge on any atom is 0.307 e. The average Bonchev–Trinajstić information content (AvgIpc) is 2.98. The van der Waals surface area contributed by atoms with Crippen LogP contribution in [0.1, 0.15) is 5.56 Å². The predicted octanol–water partition coefficient (Wildman–Crippen LogP) is 3.64. The average molecular weight is 279 g/mol. The van der Waals surface area contributed by atoms with Crippen molar-refractivity contribution in [3.05, 3.63) is 66.2 Å². The summed E-state index contributed by atoms with van der Waals surface area (Å²) >= 11 is 0. The zero-order valence-electron chi connectivity index (χ0n) is 11.2. The standard InChI is InChI=1S/C17H13NO3/c19-17(20)10-12-6-8-13(9-7-12)15-11-16(21-18-15)14-4-2-1-3-5-14/h1-9,11H,10H2,(H,19,20). The van der Waals surface area contributed by atoms with Crippen LogP contribution in [0.3, 0.4) is 0 Å². The van der Waals surface area contributed by atoms with Gasteiger partial charge in [0.05, 0.1) is 6.42 Å². The minimum absolute atomic E-state index is 0.0222. The maximum absolute atomic E-state index is 10.7. The molecule has 0 unspecified atom stereocenters. The van der Waals surface area contributed by atoms with Gasteiger partial charge < -0.3 is 9.63 Å². The van der Waals surface area contributed by atoms with E-state index in [1.807, 2.05) is 48.5 Å². The summed E-state index contributed by atoms with van der Waals surface area (Å²) in [5.74, 6) is -0.129. The Morgan fingerprint density at radius 1 is 1.00 bits per heavy atom. The quantitative estimate of drug-likeness (QED) is 0.792. The van der Waals surface area contributed by atoms with Gasteiger partial charge in [-0.15, -0.1) is 0 Å². The Morgan fingerprint density at radius 2 is 1.71 bits per heavy atom. The Labute approximate surface area is 121 Å². The molecule has 0 radical (unpaired) electrons. The van der Waals surface area contributed by atoms with Crippen LogP contribution in [0.25, 0.3) is 22.6 Å². The number of aliphatic carboxylic acids is 1. The van der Waals surface area contributed by atoms with Crippen molar-refractivity contribution in [2.24, 2.45) is 0 Å². The van der Waals surface area contributed by atoms with Crippen LogP contribution < -0.4 is 0 Å². The molecule has 3 rings (SSSR count). The van der Waals surface area contributed by atoms with Gasteiger partial charge in [0, 0.05) is 17.2 Å². The van der Waals surface area contributed by atoms with Crippen molar-refractivity contribution in [2.45, 2.75) is 6.42 Å². The van der Waals surface area contributed by atoms with E-state index in [2.05, 4.69) is 5.16 Å². The lowest BCUT2D eigenvalue weighted by Crippen LogP contribution is -1.99. The molecular weight excluding hydrogens is 266 g/mol. The minimum atomic E-state index is -0.837. The largest absolute Gasteiger partial charge is 0.481 e. The molecule has 0 amide bonds. The van der Waals surface area contributed by atoms with Crippen molar-refractivity contribution in [1.29, 1.82) is 0 Å². The van der Waals surface area contributed by atoms with E-state index in [1.54, 1.807) is 12.1 Å². The SMILES string of the molecule is O=C(O)Cc1ccc(-c2cc(-c3ccccc3)on2)cc1. The summed E-state index contributed by atoms with van der Waals surface area (Å²) in [5.41, 5.74) is 3.36. The predicted molar refractivity (Wildman–Crippen MR) is 78.7 cm³/mol. The third-order valence-electron chi connectivity index (χ3n) is 3.17. The third-order valence-corrected chi connectivity index (χ3v) is 3.17. The minimum Gasteiger partial charge on any atom is -0.481 e. The van der Waals surface area contributed by atoms with Crippen LogP contribution in [-0.2, 0) is 11.2 Å². The summed E-state index contributed by atoms with van der Waals surface area (Å²) < 4.78 is 5.36. The van der Waals surface area contributed by atoms with Crippen molar-refractivity contribution in [3.63, 3.8) is 0 Å². The summed E-state index contributed by atoms with van der Waals surface area (Å²) in [6.45, 7) is 0. The Balaban J connectivity index is 1.85. The van der Waals surface area contributed by atoms with Gasteiger partial charge in [-0.25, -0.2) is 0 Å². The number of carboxylic acid groups (broad SMARTS) is 1. The normalized spacial score (nSPS) is 10.5. The lowest BCUT2D eigenvalue weighted by molar-refractivity contribution is -0.136. The molecule has 0 fully saturated rings. The fourth-order valence-electron chi connectivity index (χ4n) is 2.12. The highest BCUT2D eigenvalue weighted by atomic mass is 16.5. The van der Waals surface area contributed by atoms with Crippen LogP contribution in [0.2, 0.25) is 0 Å². The van der Waals surface area contributed by atoms with Crippen LogP contribution in [0.4, 0.5) is 0 Å². The van der Waals surface area contributed by atoms with Crippen LogP contribution in [0.5, 0.6) is 0 Å². The van der Waals surface area contributed by atoms with E-state index in [-0.39, 0.29) is 6.42 Å². The Bertz CT molecular complexity index is 745. The fourth-order valence-corrected chi connectivity index (χ4v) is 2.12. The van der Waals surface area contributed by atoms with Gasteiger partial charge in [-0.1, -0.05) is 59.8 Å². The first-order valence-corrected chi connectivity index (χ1v) is 6.55. The van der Waals surface area contributed by atoms with E-state index < -0.39 is 5.97 Å². The fraction of sp³-hybridized carbons (Fsp3) is 0.0588. The van der Waals surface area contributed by atoms with Crippen molar-refractivity contribution in [3.8, 4) is 22.6 Å². The van der Waals surface area contributed by atoms with E-state index >= 15 is 0 Å². The molecule has 0 aliphatic carbocycles. The highest BCUT2D eigenvalue weighted by Gasteiger charge is 2.08. The molecule has 4 heteroatoms. The van der Waals surface area contributed by atoms with Crippen molar-refractivity contribution in [1.82, 2.24) is 5.16 Å². The topological polar surface area (TPSA) is 63.3 Å². The Kier molecular flexibility index (Phi) is 3.51. The number of benzene rings is 2. The van der Waals surface area contributed by atoms with E-state index in [4.69, 9.17) is 9.63 Å². The molecule has 0 spiro atoms. The van der Waals surface area contributed by atoms with Gasteiger partial charge in [-0.3, -0.25) is 4.79 Å². The van der Waals surface area contributed by atoms with Crippen molar-refractivity contribution >= 4 is 5.97 Å². The molecule has 1 N–H and O–H groups in total. The smallest absolute Gasteiger partial charge is 0.307 e. The van der Waals surface area contributed by atoms with Crippen LogP contribution in [0, 0.1) is 0 Å². The molecule has 0 aliphatic heterocycles. The summed E-state index contributed by atoms with van der Waals surface area (Å²) in [5, 5.41) is 12.8. The van der Waals surface area contributed by atoms with Gasteiger partial charge in [0.1, 0.15) is 5.69 Å². The van der Waals surface area contributed by atoms with Crippen LogP contribution in [-0.4, -0.2) is 16.2 Å². The number of hydrogen-bond acceptors (Lipinski definition) is 3. The van der Waals surface area contributed by atoms with Gasteiger partial charge in [0.2, 0.25) is 0 Å². The number of carboxylic acids is 1. The molecule has 0 aliphatic rings. The molecule has 4 nitrogen and oxygen atoms in total. The zero-order chi connectivity index (χ0) is 14.7. The second-order valence-corrected chi connectivity index (χ2v) is 4.71. The Hall–Kier alpha value is -2.88. The first kappa shape index (κ1) is 13.1.